The molecule has 0 aromatic carbocycles. The highest BCUT2D eigenvalue weighted by Gasteiger charge is 2.25. The summed E-state index contributed by atoms with van der Waals surface area (Å²) in [6.07, 6.45) is -0.564. The molecule has 0 radical (unpaired) electrons. The number of aliphatic hydroxyl groups excluding tert-OH is 1. The van der Waals surface area contributed by atoms with Crippen molar-refractivity contribution in [2.24, 2.45) is 0 Å². The van der Waals surface area contributed by atoms with Crippen LogP contribution in [-0.4, -0.2) is 35.2 Å². The van der Waals surface area contributed by atoms with Crippen LogP contribution < -0.4 is 10.6 Å². The maximum Gasteiger partial charge on any atom is 0.234 e. The van der Waals surface area contributed by atoms with Crippen molar-refractivity contribution in [1.29, 1.82) is 0 Å². The van der Waals surface area contributed by atoms with Crippen LogP contribution in [0, 0.1) is 0 Å². The van der Waals surface area contributed by atoms with Crippen LogP contribution in [0.1, 0.15) is 34.6 Å². The first-order valence-corrected chi connectivity index (χ1v) is 4.98. The number of amides is 1. The summed E-state index contributed by atoms with van der Waals surface area (Å²) in [5, 5.41) is 15.1. The quantitative estimate of drug-likeness (QED) is 0.599. The molecule has 1 atom stereocenters. The Morgan fingerprint density at radius 1 is 1.36 bits per heavy atom. The third-order valence-electron chi connectivity index (χ3n) is 2.18. The van der Waals surface area contributed by atoms with Gasteiger partial charge >= 0.3 is 0 Å². The van der Waals surface area contributed by atoms with Crippen LogP contribution in [0.25, 0.3) is 0 Å². The van der Waals surface area contributed by atoms with E-state index in [1.165, 1.54) is 0 Å². The Morgan fingerprint density at radius 3 is 2.21 bits per heavy atom. The second-order valence-electron chi connectivity index (χ2n) is 4.48. The molecule has 0 aliphatic rings. The molecule has 84 valence electrons. The summed E-state index contributed by atoms with van der Waals surface area (Å²) in [7, 11) is 0. The first-order valence-electron chi connectivity index (χ1n) is 4.98. The third-order valence-corrected chi connectivity index (χ3v) is 2.18. The Bertz CT molecular complexity index is 189. The van der Waals surface area contributed by atoms with Crippen molar-refractivity contribution in [2.45, 2.75) is 52.3 Å². The van der Waals surface area contributed by atoms with E-state index in [4.69, 9.17) is 0 Å². The van der Waals surface area contributed by atoms with Crippen molar-refractivity contribution in [2.75, 3.05) is 6.54 Å². The molecular weight excluding hydrogens is 180 g/mol. The molecule has 4 nitrogen and oxygen atoms in total. The smallest absolute Gasteiger partial charge is 0.234 e. The number of carbonyl (C=O) groups is 1. The van der Waals surface area contributed by atoms with Gasteiger partial charge in [0.05, 0.1) is 18.2 Å². The highest BCUT2D eigenvalue weighted by molar-refractivity contribution is 5.78. The molecule has 3 N–H and O–H groups in total. The standard InChI is InChI=1S/C10H22N2O2/c1-7(2)11-6-9(14)12-10(4,5)8(3)13/h7-8,11,13H,6H2,1-5H3,(H,12,14). The molecule has 1 unspecified atom stereocenters. The SMILES string of the molecule is CC(C)NCC(=O)NC(C)(C)C(C)O. The largest absolute Gasteiger partial charge is 0.391 e. The van der Waals surface area contributed by atoms with Gasteiger partial charge in [0.25, 0.3) is 0 Å². The van der Waals surface area contributed by atoms with Gasteiger partial charge in [-0.25, -0.2) is 0 Å². The zero-order valence-electron chi connectivity index (χ0n) is 9.72. The summed E-state index contributed by atoms with van der Waals surface area (Å²) in [6.45, 7) is 9.50. The minimum absolute atomic E-state index is 0.0930. The Morgan fingerprint density at radius 2 is 1.86 bits per heavy atom. The highest BCUT2D eigenvalue weighted by Crippen LogP contribution is 2.07. The zero-order chi connectivity index (χ0) is 11.4. The van der Waals surface area contributed by atoms with Crippen molar-refractivity contribution >= 4 is 5.91 Å². The van der Waals surface area contributed by atoms with Gasteiger partial charge in [0.15, 0.2) is 0 Å². The number of carbonyl (C=O) groups excluding carboxylic acids is 1. The molecule has 4 heteroatoms. The van der Waals surface area contributed by atoms with Gasteiger partial charge < -0.3 is 15.7 Å². The zero-order valence-corrected chi connectivity index (χ0v) is 9.72. The Kier molecular flexibility index (Phi) is 5.08. The van der Waals surface area contributed by atoms with Crippen LogP contribution in [-0.2, 0) is 4.79 Å². The van der Waals surface area contributed by atoms with Crippen LogP contribution in [0.5, 0.6) is 0 Å². The molecule has 0 heterocycles. The fraction of sp³-hybridized carbons (Fsp3) is 0.900. The van der Waals surface area contributed by atoms with E-state index in [2.05, 4.69) is 10.6 Å². The molecule has 0 aromatic rings. The molecule has 14 heavy (non-hydrogen) atoms. The van der Waals surface area contributed by atoms with E-state index in [9.17, 15) is 9.90 Å². The number of rotatable bonds is 5. The summed E-state index contributed by atoms with van der Waals surface area (Å²) in [5.41, 5.74) is -0.574. The first kappa shape index (κ1) is 13.4. The number of hydrogen-bond donors (Lipinski definition) is 3. The van der Waals surface area contributed by atoms with Crippen molar-refractivity contribution in [1.82, 2.24) is 10.6 Å². The lowest BCUT2D eigenvalue weighted by Crippen LogP contribution is -2.53. The average molecular weight is 202 g/mol. The molecule has 0 spiro atoms. The second kappa shape index (κ2) is 5.32. The van der Waals surface area contributed by atoms with Crippen LogP contribution in [0.2, 0.25) is 0 Å². The third kappa shape index (κ3) is 5.19. The summed E-state index contributed by atoms with van der Waals surface area (Å²) in [5.74, 6) is -0.0930. The summed E-state index contributed by atoms with van der Waals surface area (Å²) in [6, 6.07) is 0.287. The molecule has 0 bridgehead atoms. The molecule has 0 aromatic heterocycles. The summed E-state index contributed by atoms with van der Waals surface area (Å²) in [4.78, 5) is 11.4. The highest BCUT2D eigenvalue weighted by atomic mass is 16.3. The minimum Gasteiger partial charge on any atom is -0.391 e. The molecule has 0 aliphatic carbocycles. The summed E-state index contributed by atoms with van der Waals surface area (Å²) < 4.78 is 0. The van der Waals surface area contributed by atoms with E-state index in [1.54, 1.807) is 20.8 Å². The molecule has 0 saturated heterocycles. The molecular formula is C10H22N2O2. The van der Waals surface area contributed by atoms with Crippen molar-refractivity contribution in [3.63, 3.8) is 0 Å². The maximum atomic E-state index is 11.4. The van der Waals surface area contributed by atoms with E-state index in [-0.39, 0.29) is 18.5 Å². The maximum absolute atomic E-state index is 11.4. The van der Waals surface area contributed by atoms with Gasteiger partial charge in [-0.1, -0.05) is 13.8 Å². The van der Waals surface area contributed by atoms with Crippen LogP contribution in [0.15, 0.2) is 0 Å². The van der Waals surface area contributed by atoms with Gasteiger partial charge in [-0.05, 0) is 20.8 Å². The van der Waals surface area contributed by atoms with Gasteiger partial charge in [0.2, 0.25) is 5.91 Å². The van der Waals surface area contributed by atoms with Crippen molar-refractivity contribution in [3.8, 4) is 0 Å². The lowest BCUT2D eigenvalue weighted by atomic mass is 9.99. The molecule has 0 rings (SSSR count). The second-order valence-corrected chi connectivity index (χ2v) is 4.48. The molecule has 1 amide bonds. The van der Waals surface area contributed by atoms with Gasteiger partial charge in [-0.15, -0.1) is 0 Å². The number of nitrogens with one attached hydrogen (secondary N) is 2. The number of hydrogen-bond acceptors (Lipinski definition) is 3. The monoisotopic (exact) mass is 202 g/mol. The van der Waals surface area contributed by atoms with Crippen molar-refractivity contribution in [3.05, 3.63) is 0 Å². The fourth-order valence-corrected chi connectivity index (χ4v) is 0.805. The minimum atomic E-state index is -0.574. The summed E-state index contributed by atoms with van der Waals surface area (Å²) >= 11 is 0. The number of aliphatic hydroxyl groups is 1. The predicted molar refractivity (Wildman–Crippen MR) is 57.0 cm³/mol. The Balaban J connectivity index is 3.94. The van der Waals surface area contributed by atoms with Gasteiger partial charge in [-0.2, -0.15) is 0 Å². The van der Waals surface area contributed by atoms with Crippen LogP contribution >= 0.6 is 0 Å². The average Bonchev–Trinajstić information content (AvgIpc) is 1.99. The van der Waals surface area contributed by atoms with Gasteiger partial charge in [-0.3, -0.25) is 4.79 Å². The van der Waals surface area contributed by atoms with E-state index in [1.807, 2.05) is 13.8 Å². The lowest BCUT2D eigenvalue weighted by molar-refractivity contribution is -0.123. The van der Waals surface area contributed by atoms with Crippen molar-refractivity contribution < 1.29 is 9.90 Å². The predicted octanol–water partition coefficient (Wildman–Crippen LogP) is 0.260. The first-order chi connectivity index (χ1) is 6.25. The topological polar surface area (TPSA) is 61.4 Å². The van der Waals surface area contributed by atoms with E-state index in [0.717, 1.165) is 0 Å². The molecule has 0 fully saturated rings. The van der Waals surface area contributed by atoms with E-state index < -0.39 is 11.6 Å². The van der Waals surface area contributed by atoms with Crippen LogP contribution in [0.3, 0.4) is 0 Å². The van der Waals surface area contributed by atoms with E-state index >= 15 is 0 Å². The van der Waals surface area contributed by atoms with Gasteiger partial charge in [0, 0.05) is 6.04 Å². The lowest BCUT2D eigenvalue weighted by Gasteiger charge is -2.29. The Hall–Kier alpha value is -0.610. The van der Waals surface area contributed by atoms with Crippen LogP contribution in [0.4, 0.5) is 0 Å². The molecule has 0 aliphatic heterocycles. The molecule has 0 saturated carbocycles. The fourth-order valence-electron chi connectivity index (χ4n) is 0.805. The Labute approximate surface area is 86.1 Å². The van der Waals surface area contributed by atoms with E-state index in [0.29, 0.717) is 0 Å². The normalized spacial score (nSPS) is 14.2. The van der Waals surface area contributed by atoms with Gasteiger partial charge in [0.1, 0.15) is 0 Å².